The molecule has 2 aromatic carbocycles. The number of hydrogen-bond acceptors (Lipinski definition) is 5. The number of fused-ring (bicyclic) bond motifs is 1. The Kier molecular flexibility index (Phi) is 5.67. The van der Waals surface area contributed by atoms with Gasteiger partial charge in [0.05, 0.1) is 22.9 Å². The van der Waals surface area contributed by atoms with Gasteiger partial charge in [0.1, 0.15) is 5.75 Å². The summed E-state index contributed by atoms with van der Waals surface area (Å²) in [5, 5.41) is 0.250. The summed E-state index contributed by atoms with van der Waals surface area (Å²) in [5.41, 5.74) is 1.01. The number of carbonyl (C=O) groups excluding carboxylic acids is 1. The Labute approximate surface area is 164 Å². The molecule has 0 aromatic heterocycles. The van der Waals surface area contributed by atoms with Gasteiger partial charge in [-0.05, 0) is 37.3 Å². The smallest absolute Gasteiger partial charge is 0.262 e. The molecule has 1 aliphatic rings. The predicted molar refractivity (Wildman–Crippen MR) is 108 cm³/mol. The number of anilines is 2. The predicted octanol–water partition coefficient (Wildman–Crippen LogP) is 3.73. The minimum absolute atomic E-state index is 0.104. The van der Waals surface area contributed by atoms with E-state index in [2.05, 4.69) is 4.72 Å². The Morgan fingerprint density at radius 3 is 2.74 bits per heavy atom. The fourth-order valence-electron chi connectivity index (χ4n) is 2.92. The number of sulfonamides is 1. The molecule has 27 heavy (non-hydrogen) atoms. The molecule has 1 amide bonds. The third kappa shape index (κ3) is 4.22. The van der Waals surface area contributed by atoms with Crippen molar-refractivity contribution in [1.82, 2.24) is 0 Å². The largest absolute Gasteiger partial charge is 0.492 e. The van der Waals surface area contributed by atoms with Crippen molar-refractivity contribution >= 4 is 39.1 Å². The van der Waals surface area contributed by atoms with Crippen molar-refractivity contribution in [2.45, 2.75) is 35.8 Å². The van der Waals surface area contributed by atoms with Gasteiger partial charge in [-0.2, -0.15) is 0 Å². The Hall–Kier alpha value is -2.19. The number of nitrogens with zero attached hydrogens (tertiary/aromatic N) is 1. The topological polar surface area (TPSA) is 75.7 Å². The highest BCUT2D eigenvalue weighted by Gasteiger charge is 2.27. The van der Waals surface area contributed by atoms with E-state index in [1.54, 1.807) is 59.1 Å². The molecule has 0 fully saturated rings. The summed E-state index contributed by atoms with van der Waals surface area (Å²) in [4.78, 5) is 14.6. The van der Waals surface area contributed by atoms with Gasteiger partial charge in [0.25, 0.3) is 10.0 Å². The van der Waals surface area contributed by atoms with Crippen LogP contribution < -0.4 is 14.4 Å². The number of hydrogen-bond donors (Lipinski definition) is 1. The second-order valence-corrected chi connectivity index (χ2v) is 9.38. The second-order valence-electron chi connectivity index (χ2n) is 6.22. The minimum atomic E-state index is -3.83. The first-order valence-electron chi connectivity index (χ1n) is 8.65. The van der Waals surface area contributed by atoms with Crippen LogP contribution in [0.3, 0.4) is 0 Å². The number of para-hydroxylation sites is 2. The van der Waals surface area contributed by atoms with Crippen LogP contribution in [0, 0.1) is 0 Å². The van der Waals surface area contributed by atoms with Crippen molar-refractivity contribution in [2.75, 3.05) is 22.8 Å². The molecule has 8 heteroatoms. The van der Waals surface area contributed by atoms with Crippen LogP contribution in [0.25, 0.3) is 0 Å². The highest BCUT2D eigenvalue weighted by molar-refractivity contribution is 8.00. The minimum Gasteiger partial charge on any atom is -0.492 e. The number of nitrogens with one attached hydrogen (secondary N) is 1. The van der Waals surface area contributed by atoms with E-state index >= 15 is 0 Å². The van der Waals surface area contributed by atoms with Gasteiger partial charge in [0, 0.05) is 23.6 Å². The third-order valence-corrected chi connectivity index (χ3v) is 6.62. The lowest BCUT2D eigenvalue weighted by atomic mass is 10.2. The van der Waals surface area contributed by atoms with Gasteiger partial charge >= 0.3 is 0 Å². The number of amides is 1. The van der Waals surface area contributed by atoms with E-state index in [9.17, 15) is 13.2 Å². The fraction of sp³-hybridized carbons (Fsp3) is 0.316. The number of rotatable bonds is 5. The lowest BCUT2D eigenvalue weighted by Crippen LogP contribution is -2.37. The maximum Gasteiger partial charge on any atom is 0.262 e. The van der Waals surface area contributed by atoms with Crippen molar-refractivity contribution in [3.05, 3.63) is 42.5 Å². The van der Waals surface area contributed by atoms with Crippen LogP contribution in [0.4, 0.5) is 11.4 Å². The Morgan fingerprint density at radius 2 is 2.04 bits per heavy atom. The summed E-state index contributed by atoms with van der Waals surface area (Å²) in [6.45, 7) is 6.35. The number of thioether (sulfide) groups is 1. The molecule has 3 rings (SSSR count). The average molecular weight is 407 g/mol. The van der Waals surface area contributed by atoms with Gasteiger partial charge in [-0.25, -0.2) is 8.42 Å². The molecule has 2 aromatic rings. The summed E-state index contributed by atoms with van der Waals surface area (Å²) in [7, 11) is -3.83. The summed E-state index contributed by atoms with van der Waals surface area (Å²) < 4.78 is 33.9. The zero-order valence-corrected chi connectivity index (χ0v) is 17.1. The molecule has 1 aliphatic heterocycles. The molecule has 0 saturated carbocycles. The first kappa shape index (κ1) is 19.6. The van der Waals surface area contributed by atoms with Crippen LogP contribution in [-0.2, 0) is 14.8 Å². The molecule has 0 bridgehead atoms. The highest BCUT2D eigenvalue weighted by Crippen LogP contribution is 2.40. The maximum absolute atomic E-state index is 12.9. The quantitative estimate of drug-likeness (QED) is 0.819. The molecular formula is C19H22N2O4S2. The van der Waals surface area contributed by atoms with Crippen LogP contribution in [-0.4, -0.2) is 32.7 Å². The zero-order valence-electron chi connectivity index (χ0n) is 15.4. The number of carbonyl (C=O) groups is 1. The van der Waals surface area contributed by atoms with Crippen molar-refractivity contribution in [2.24, 2.45) is 0 Å². The molecule has 1 N–H and O–H groups in total. The van der Waals surface area contributed by atoms with E-state index in [4.69, 9.17) is 4.74 Å². The van der Waals surface area contributed by atoms with E-state index in [0.717, 1.165) is 4.90 Å². The summed E-state index contributed by atoms with van der Waals surface area (Å²) >= 11 is 1.64. The van der Waals surface area contributed by atoms with E-state index in [1.807, 2.05) is 13.8 Å². The molecule has 0 radical (unpaired) electrons. The standard InChI is InChI=1S/C19H22N2O4S2/c1-4-25-18-8-6-5-7-16(18)20-27(23,24)15-9-10-19-17(11-15)21(14(3)22)12-13(2)26-19/h5-11,13,20H,4,12H2,1-3H3/t13-/m0/s1. The van der Waals surface area contributed by atoms with E-state index in [1.165, 1.54) is 6.92 Å². The van der Waals surface area contributed by atoms with E-state index in [-0.39, 0.29) is 16.1 Å². The molecule has 6 nitrogen and oxygen atoms in total. The lowest BCUT2D eigenvalue weighted by Gasteiger charge is -2.32. The maximum atomic E-state index is 12.9. The molecule has 0 saturated heterocycles. The Bertz CT molecular complexity index is 960. The number of ether oxygens (including phenoxy) is 1. The molecule has 0 unspecified atom stereocenters. The first-order chi connectivity index (χ1) is 12.8. The van der Waals surface area contributed by atoms with Gasteiger partial charge in [-0.1, -0.05) is 19.1 Å². The highest BCUT2D eigenvalue weighted by atomic mass is 32.2. The Morgan fingerprint density at radius 1 is 1.30 bits per heavy atom. The summed E-state index contributed by atoms with van der Waals surface area (Å²) in [5.74, 6) is 0.365. The summed E-state index contributed by atoms with van der Waals surface area (Å²) in [6.07, 6.45) is 0. The van der Waals surface area contributed by atoms with Crippen LogP contribution in [0.5, 0.6) is 5.75 Å². The summed E-state index contributed by atoms with van der Waals surface area (Å²) in [6, 6.07) is 11.8. The first-order valence-corrected chi connectivity index (χ1v) is 11.0. The van der Waals surface area contributed by atoms with Gasteiger partial charge in [0.15, 0.2) is 0 Å². The zero-order chi connectivity index (χ0) is 19.6. The Balaban J connectivity index is 1.97. The molecule has 1 heterocycles. The van der Waals surface area contributed by atoms with Crippen molar-refractivity contribution in [1.29, 1.82) is 0 Å². The van der Waals surface area contributed by atoms with Crippen molar-refractivity contribution < 1.29 is 17.9 Å². The van der Waals surface area contributed by atoms with E-state index in [0.29, 0.717) is 30.3 Å². The fourth-order valence-corrected chi connectivity index (χ4v) is 5.10. The molecular weight excluding hydrogens is 384 g/mol. The van der Waals surface area contributed by atoms with Gasteiger partial charge in [-0.3, -0.25) is 9.52 Å². The van der Waals surface area contributed by atoms with Gasteiger partial charge in [0.2, 0.25) is 5.91 Å². The third-order valence-electron chi connectivity index (χ3n) is 4.11. The lowest BCUT2D eigenvalue weighted by molar-refractivity contribution is -0.116. The van der Waals surface area contributed by atoms with Gasteiger partial charge in [-0.15, -0.1) is 11.8 Å². The second kappa shape index (κ2) is 7.82. The van der Waals surface area contributed by atoms with E-state index < -0.39 is 10.0 Å². The van der Waals surface area contributed by atoms with Crippen molar-refractivity contribution in [3.63, 3.8) is 0 Å². The molecule has 144 valence electrons. The van der Waals surface area contributed by atoms with Gasteiger partial charge < -0.3 is 9.64 Å². The molecule has 1 atom stereocenters. The van der Waals surface area contributed by atoms with Crippen LogP contribution in [0.2, 0.25) is 0 Å². The normalized spacial score (nSPS) is 16.6. The van der Waals surface area contributed by atoms with Crippen LogP contribution in [0.1, 0.15) is 20.8 Å². The molecule has 0 aliphatic carbocycles. The number of benzene rings is 2. The van der Waals surface area contributed by atoms with Crippen molar-refractivity contribution in [3.8, 4) is 5.75 Å². The monoisotopic (exact) mass is 406 g/mol. The molecule has 0 spiro atoms. The average Bonchev–Trinajstić information content (AvgIpc) is 2.62. The van der Waals surface area contributed by atoms with Crippen LogP contribution >= 0.6 is 11.8 Å². The SMILES string of the molecule is CCOc1ccccc1NS(=O)(=O)c1ccc2c(c1)N(C(C)=O)C[C@H](C)S2. The van der Waals surface area contributed by atoms with Crippen LogP contribution in [0.15, 0.2) is 52.3 Å².